The van der Waals surface area contributed by atoms with Crippen LogP contribution in [0.25, 0.3) is 11.2 Å². The summed E-state index contributed by atoms with van der Waals surface area (Å²) in [5.41, 5.74) is 9.60. The lowest BCUT2D eigenvalue weighted by molar-refractivity contribution is 0.590. The Bertz CT molecular complexity index is 1270. The number of aromatic amines is 1. The van der Waals surface area contributed by atoms with Crippen LogP contribution in [0.15, 0.2) is 59.4 Å². The maximum absolute atomic E-state index is 12.6. The quantitative estimate of drug-likeness (QED) is 0.394. The Labute approximate surface area is 174 Å². The van der Waals surface area contributed by atoms with E-state index >= 15 is 0 Å². The standard InChI is InChI=1S/C21H21N6O2P/c1-30(29)13-16-9-5-8-15(10-16)12-27-19-17(24-21(27)28)18(22)25-20(26-19)23-11-14-6-3-2-4-7-14/h2-10H,11-13H2,1H3,(H3-,22,23,24,25,26,28)/p+1. The Morgan fingerprint density at radius 1 is 1.07 bits per heavy atom. The number of fused-ring (bicyclic) bond motifs is 1. The van der Waals surface area contributed by atoms with Gasteiger partial charge in [0.25, 0.3) is 0 Å². The minimum atomic E-state index is -1.28. The van der Waals surface area contributed by atoms with Crippen LogP contribution in [0.4, 0.5) is 11.8 Å². The first-order valence-corrected chi connectivity index (χ1v) is 11.4. The molecule has 152 valence electrons. The lowest BCUT2D eigenvalue weighted by Gasteiger charge is -2.08. The Morgan fingerprint density at radius 3 is 2.57 bits per heavy atom. The predicted octanol–water partition coefficient (Wildman–Crippen LogP) is 3.32. The normalized spacial score (nSPS) is 11.6. The van der Waals surface area contributed by atoms with Gasteiger partial charge in [-0.2, -0.15) is 9.97 Å². The molecule has 0 bridgehead atoms. The molecule has 0 amide bonds. The molecule has 0 radical (unpaired) electrons. The van der Waals surface area contributed by atoms with E-state index in [-0.39, 0.29) is 11.5 Å². The number of nitrogens with one attached hydrogen (secondary N) is 2. The number of hydrogen-bond acceptors (Lipinski definition) is 6. The molecule has 0 fully saturated rings. The van der Waals surface area contributed by atoms with Crippen molar-refractivity contribution in [2.45, 2.75) is 19.3 Å². The van der Waals surface area contributed by atoms with Gasteiger partial charge < -0.3 is 16.0 Å². The zero-order valence-corrected chi connectivity index (χ0v) is 17.4. The number of rotatable bonds is 7. The van der Waals surface area contributed by atoms with E-state index in [1.165, 1.54) is 4.57 Å². The summed E-state index contributed by atoms with van der Waals surface area (Å²) in [6, 6.07) is 17.6. The highest BCUT2D eigenvalue weighted by Crippen LogP contribution is 2.23. The molecule has 0 saturated heterocycles. The lowest BCUT2D eigenvalue weighted by atomic mass is 10.1. The summed E-state index contributed by atoms with van der Waals surface area (Å²) in [5.74, 6) is 0.566. The van der Waals surface area contributed by atoms with E-state index in [0.29, 0.717) is 36.4 Å². The van der Waals surface area contributed by atoms with Crippen LogP contribution in [0.1, 0.15) is 16.7 Å². The maximum Gasteiger partial charge on any atom is 0.340 e. The highest BCUT2D eigenvalue weighted by Gasteiger charge is 2.15. The van der Waals surface area contributed by atoms with Gasteiger partial charge in [0.15, 0.2) is 17.6 Å². The van der Waals surface area contributed by atoms with Crippen molar-refractivity contribution < 1.29 is 4.57 Å². The van der Waals surface area contributed by atoms with E-state index in [9.17, 15) is 9.36 Å². The van der Waals surface area contributed by atoms with Gasteiger partial charge in [0.2, 0.25) is 5.95 Å². The minimum absolute atomic E-state index is 0.211. The first kappa shape index (κ1) is 19.8. The molecule has 1 unspecified atom stereocenters. The molecule has 2 heterocycles. The summed E-state index contributed by atoms with van der Waals surface area (Å²) >= 11 is 0. The highest BCUT2D eigenvalue weighted by atomic mass is 31.1. The van der Waals surface area contributed by atoms with Crippen LogP contribution in [0, 0.1) is 0 Å². The molecule has 4 N–H and O–H groups in total. The van der Waals surface area contributed by atoms with E-state index in [0.717, 1.165) is 16.7 Å². The summed E-state index contributed by atoms with van der Waals surface area (Å²) in [7, 11) is -1.28. The van der Waals surface area contributed by atoms with Crippen molar-refractivity contribution in [2.24, 2.45) is 0 Å². The molecular formula is C21H22N6O2P+. The number of imidazole rings is 1. The predicted molar refractivity (Wildman–Crippen MR) is 119 cm³/mol. The molecule has 9 heteroatoms. The fourth-order valence-corrected chi connectivity index (χ4v) is 4.03. The molecule has 0 aliphatic carbocycles. The van der Waals surface area contributed by atoms with Crippen LogP contribution >= 0.6 is 7.80 Å². The minimum Gasteiger partial charge on any atom is -0.382 e. The zero-order valence-electron chi connectivity index (χ0n) is 16.5. The first-order chi connectivity index (χ1) is 14.5. The third-order valence-corrected chi connectivity index (χ3v) is 5.49. The number of nitrogens with two attached hydrogens (primary N) is 1. The Kier molecular flexibility index (Phi) is 5.59. The van der Waals surface area contributed by atoms with Crippen LogP contribution in [0.3, 0.4) is 0 Å². The molecule has 4 aromatic rings. The number of nitrogens with zero attached hydrogens (tertiary/aromatic N) is 3. The second kappa shape index (κ2) is 8.47. The van der Waals surface area contributed by atoms with Gasteiger partial charge in [0.05, 0.1) is 6.54 Å². The summed E-state index contributed by atoms with van der Waals surface area (Å²) in [6.45, 7) is 2.56. The molecule has 8 nitrogen and oxygen atoms in total. The third kappa shape index (κ3) is 4.39. The van der Waals surface area contributed by atoms with Crippen molar-refractivity contribution in [1.29, 1.82) is 0 Å². The fourth-order valence-electron chi connectivity index (χ4n) is 3.32. The van der Waals surface area contributed by atoms with E-state index in [4.69, 9.17) is 5.73 Å². The van der Waals surface area contributed by atoms with Gasteiger partial charge in [-0.1, -0.05) is 53.1 Å². The van der Waals surface area contributed by atoms with Crippen LogP contribution in [-0.4, -0.2) is 26.2 Å². The monoisotopic (exact) mass is 421 g/mol. The number of anilines is 2. The van der Waals surface area contributed by atoms with Crippen molar-refractivity contribution in [1.82, 2.24) is 19.5 Å². The average molecular weight is 421 g/mol. The lowest BCUT2D eigenvalue weighted by Crippen LogP contribution is -2.18. The number of hydrogen-bond donors (Lipinski definition) is 3. The molecule has 2 aromatic heterocycles. The van der Waals surface area contributed by atoms with E-state index in [2.05, 4.69) is 20.3 Å². The summed E-state index contributed by atoms with van der Waals surface area (Å²) in [4.78, 5) is 24.1. The van der Waals surface area contributed by atoms with Gasteiger partial charge in [-0.15, -0.1) is 0 Å². The fraction of sp³-hybridized carbons (Fsp3) is 0.190. The molecule has 30 heavy (non-hydrogen) atoms. The van der Waals surface area contributed by atoms with Crippen molar-refractivity contribution in [3.63, 3.8) is 0 Å². The number of nitrogen functional groups attached to an aromatic ring is 1. The molecule has 0 aliphatic heterocycles. The smallest absolute Gasteiger partial charge is 0.340 e. The summed E-state index contributed by atoms with van der Waals surface area (Å²) in [6.07, 6.45) is 0.509. The van der Waals surface area contributed by atoms with E-state index in [1.807, 2.05) is 54.6 Å². The molecule has 0 saturated carbocycles. The topological polar surface area (TPSA) is 119 Å². The van der Waals surface area contributed by atoms with Crippen molar-refractivity contribution in [2.75, 3.05) is 17.7 Å². The second-order valence-corrected chi connectivity index (χ2v) is 8.66. The molecule has 4 rings (SSSR count). The van der Waals surface area contributed by atoms with Gasteiger partial charge in [-0.05, 0) is 22.8 Å². The Hall–Kier alpha value is -3.51. The Balaban J connectivity index is 1.65. The van der Waals surface area contributed by atoms with Gasteiger partial charge in [0.1, 0.15) is 12.2 Å². The van der Waals surface area contributed by atoms with E-state index in [1.54, 1.807) is 6.66 Å². The van der Waals surface area contributed by atoms with Gasteiger partial charge in [-0.3, -0.25) is 4.57 Å². The van der Waals surface area contributed by atoms with Crippen molar-refractivity contribution in [3.8, 4) is 0 Å². The van der Waals surface area contributed by atoms with Gasteiger partial charge in [0, 0.05) is 6.54 Å². The molecule has 0 aliphatic rings. The van der Waals surface area contributed by atoms with Crippen LogP contribution in [0.2, 0.25) is 0 Å². The molecular weight excluding hydrogens is 399 g/mol. The zero-order chi connectivity index (χ0) is 21.1. The first-order valence-electron chi connectivity index (χ1n) is 9.49. The Morgan fingerprint density at radius 2 is 1.80 bits per heavy atom. The van der Waals surface area contributed by atoms with Crippen LogP contribution in [-0.2, 0) is 23.8 Å². The third-order valence-electron chi connectivity index (χ3n) is 4.68. The summed E-state index contributed by atoms with van der Waals surface area (Å²) in [5, 5.41) is 3.16. The van der Waals surface area contributed by atoms with Gasteiger partial charge in [-0.25, -0.2) is 4.79 Å². The highest BCUT2D eigenvalue weighted by molar-refractivity contribution is 7.42. The number of aromatic nitrogens is 4. The molecule has 0 spiro atoms. The molecule has 1 atom stereocenters. The average Bonchev–Trinajstić information content (AvgIpc) is 3.03. The summed E-state index contributed by atoms with van der Waals surface area (Å²) < 4.78 is 13.1. The number of benzene rings is 2. The second-order valence-electron chi connectivity index (χ2n) is 7.09. The maximum atomic E-state index is 12.6. The number of H-pyrrole nitrogens is 1. The van der Waals surface area contributed by atoms with Crippen molar-refractivity contribution >= 4 is 30.7 Å². The SMILES string of the molecule is C[P+](=O)Cc1cccc(Cn2c(=O)[nH]c3c(N)nc(NCc4ccccc4)nc32)c1. The van der Waals surface area contributed by atoms with Gasteiger partial charge >= 0.3 is 13.5 Å². The largest absolute Gasteiger partial charge is 0.382 e. The molecule has 2 aromatic carbocycles. The van der Waals surface area contributed by atoms with Crippen LogP contribution < -0.4 is 16.7 Å². The van der Waals surface area contributed by atoms with E-state index < -0.39 is 7.80 Å². The van der Waals surface area contributed by atoms with Crippen molar-refractivity contribution in [3.05, 3.63) is 81.8 Å². The van der Waals surface area contributed by atoms with Crippen LogP contribution in [0.5, 0.6) is 0 Å².